The van der Waals surface area contributed by atoms with Crippen molar-refractivity contribution in [2.24, 2.45) is 0 Å². The van der Waals surface area contributed by atoms with E-state index in [0.717, 1.165) is 22.4 Å². The molecule has 3 aromatic carbocycles. The van der Waals surface area contributed by atoms with Gasteiger partial charge < -0.3 is 20.5 Å². The number of hydrogen-bond donors (Lipinski definition) is 2. The molecule has 3 N–H and O–H groups in total. The van der Waals surface area contributed by atoms with Gasteiger partial charge in [0.05, 0.1) is 18.5 Å². The lowest BCUT2D eigenvalue weighted by Gasteiger charge is -2.17. The minimum atomic E-state index is -0.274. The van der Waals surface area contributed by atoms with Gasteiger partial charge in [0.1, 0.15) is 18.1 Å². The van der Waals surface area contributed by atoms with Crippen molar-refractivity contribution in [2.75, 3.05) is 18.2 Å². The first-order valence-corrected chi connectivity index (χ1v) is 10.8. The van der Waals surface area contributed by atoms with Crippen molar-refractivity contribution in [1.29, 1.82) is 0 Å². The lowest BCUT2D eigenvalue weighted by Crippen LogP contribution is -2.09. The van der Waals surface area contributed by atoms with E-state index >= 15 is 0 Å². The quantitative estimate of drug-likeness (QED) is 0.242. The number of nitrogen functional groups attached to an aromatic ring is 1. The maximum Gasteiger partial charge on any atom is 0.248 e. The SMILES string of the molecule is COc1ccc(C=CC(=O)Nc2ccccc2N)c(OCc2ccccc2)c1CC=C(C)C. The van der Waals surface area contributed by atoms with Gasteiger partial charge in [0.25, 0.3) is 0 Å². The molecule has 3 rings (SSSR count). The predicted octanol–water partition coefficient (Wildman–Crippen LogP) is 6.02. The van der Waals surface area contributed by atoms with Crippen molar-refractivity contribution in [2.45, 2.75) is 26.9 Å². The number of hydrogen-bond acceptors (Lipinski definition) is 4. The van der Waals surface area contributed by atoms with Crippen molar-refractivity contribution in [3.05, 3.63) is 101 Å². The van der Waals surface area contributed by atoms with Crippen molar-refractivity contribution in [1.82, 2.24) is 0 Å². The summed E-state index contributed by atoms with van der Waals surface area (Å²) < 4.78 is 11.9. The van der Waals surface area contributed by atoms with Crippen LogP contribution >= 0.6 is 0 Å². The molecule has 0 saturated carbocycles. The van der Waals surface area contributed by atoms with E-state index in [0.29, 0.717) is 30.2 Å². The normalized spacial score (nSPS) is 10.6. The minimum Gasteiger partial charge on any atom is -0.496 e. The number of rotatable bonds is 9. The van der Waals surface area contributed by atoms with E-state index in [9.17, 15) is 4.79 Å². The number of nitrogens with one attached hydrogen (secondary N) is 1. The lowest BCUT2D eigenvalue weighted by atomic mass is 10.0. The third kappa shape index (κ3) is 6.74. The van der Waals surface area contributed by atoms with Gasteiger partial charge in [0.15, 0.2) is 0 Å². The molecule has 0 bridgehead atoms. The molecule has 0 aromatic heterocycles. The second-order valence-electron chi connectivity index (χ2n) is 7.83. The molecular weight excluding hydrogens is 412 g/mol. The summed E-state index contributed by atoms with van der Waals surface area (Å²) in [6.07, 6.45) is 6.02. The van der Waals surface area contributed by atoms with E-state index in [2.05, 4.69) is 25.2 Å². The summed E-state index contributed by atoms with van der Waals surface area (Å²) >= 11 is 0. The van der Waals surface area contributed by atoms with Crippen LogP contribution in [-0.2, 0) is 17.8 Å². The zero-order valence-electron chi connectivity index (χ0n) is 19.3. The zero-order valence-corrected chi connectivity index (χ0v) is 19.3. The molecule has 33 heavy (non-hydrogen) atoms. The third-order valence-electron chi connectivity index (χ3n) is 5.04. The number of benzene rings is 3. The van der Waals surface area contributed by atoms with Gasteiger partial charge in [-0.3, -0.25) is 4.79 Å². The molecule has 0 aliphatic rings. The predicted molar refractivity (Wildman–Crippen MR) is 135 cm³/mol. The number of allylic oxidation sites excluding steroid dienone is 2. The maximum absolute atomic E-state index is 12.5. The Morgan fingerprint density at radius 3 is 2.42 bits per heavy atom. The molecule has 0 atom stereocenters. The van der Waals surface area contributed by atoms with Crippen LogP contribution in [0.15, 0.2) is 84.5 Å². The molecule has 5 nitrogen and oxygen atoms in total. The fourth-order valence-corrected chi connectivity index (χ4v) is 3.30. The molecule has 0 spiro atoms. The molecule has 1 amide bonds. The van der Waals surface area contributed by atoms with Gasteiger partial charge in [-0.15, -0.1) is 0 Å². The van der Waals surface area contributed by atoms with E-state index in [1.165, 1.54) is 11.6 Å². The summed E-state index contributed by atoms with van der Waals surface area (Å²) in [5, 5.41) is 2.81. The number of ether oxygens (including phenoxy) is 2. The number of carbonyl (C=O) groups is 1. The standard InChI is InChI=1S/C28H30N2O3/c1-20(2)13-16-23-26(32-3)17-14-22(28(23)33-19-21-9-5-4-6-10-21)15-18-27(31)30-25-12-8-7-11-24(25)29/h4-15,17-18H,16,19,29H2,1-3H3,(H,30,31). The van der Waals surface area contributed by atoms with Gasteiger partial charge in [-0.25, -0.2) is 0 Å². The van der Waals surface area contributed by atoms with E-state index in [1.54, 1.807) is 25.3 Å². The summed E-state index contributed by atoms with van der Waals surface area (Å²) in [7, 11) is 1.65. The van der Waals surface area contributed by atoms with Crippen LogP contribution in [0.2, 0.25) is 0 Å². The van der Waals surface area contributed by atoms with Crippen LogP contribution < -0.4 is 20.5 Å². The Bertz CT molecular complexity index is 1150. The second kappa shape index (κ2) is 11.6. The Balaban J connectivity index is 1.92. The molecule has 0 aliphatic carbocycles. The van der Waals surface area contributed by atoms with Gasteiger partial charge >= 0.3 is 0 Å². The van der Waals surface area contributed by atoms with Crippen molar-refractivity contribution in [3.8, 4) is 11.5 Å². The van der Waals surface area contributed by atoms with E-state index in [1.807, 2.05) is 54.6 Å². The van der Waals surface area contributed by atoms with Crippen LogP contribution in [0.5, 0.6) is 11.5 Å². The van der Waals surface area contributed by atoms with Crippen LogP contribution in [0.25, 0.3) is 6.08 Å². The average Bonchev–Trinajstić information content (AvgIpc) is 2.82. The van der Waals surface area contributed by atoms with Crippen LogP contribution in [-0.4, -0.2) is 13.0 Å². The van der Waals surface area contributed by atoms with Crippen LogP contribution in [0.1, 0.15) is 30.5 Å². The minimum absolute atomic E-state index is 0.274. The molecule has 0 saturated heterocycles. The number of amides is 1. The first-order chi connectivity index (χ1) is 16.0. The van der Waals surface area contributed by atoms with Crippen molar-refractivity contribution in [3.63, 3.8) is 0 Å². The summed E-state index contributed by atoms with van der Waals surface area (Å²) in [4.78, 5) is 12.5. The van der Waals surface area contributed by atoms with Gasteiger partial charge in [-0.2, -0.15) is 0 Å². The maximum atomic E-state index is 12.5. The molecule has 3 aromatic rings. The molecule has 0 radical (unpaired) electrons. The number of nitrogens with two attached hydrogens (primary N) is 1. The monoisotopic (exact) mass is 442 g/mol. The van der Waals surface area contributed by atoms with E-state index in [4.69, 9.17) is 15.2 Å². The van der Waals surface area contributed by atoms with Crippen molar-refractivity contribution >= 4 is 23.4 Å². The van der Waals surface area contributed by atoms with Crippen LogP contribution in [0, 0.1) is 0 Å². The van der Waals surface area contributed by atoms with E-state index in [-0.39, 0.29) is 5.91 Å². The molecule has 5 heteroatoms. The van der Waals surface area contributed by atoms with Gasteiger partial charge in [-0.1, -0.05) is 54.1 Å². The summed E-state index contributed by atoms with van der Waals surface area (Å²) in [6, 6.07) is 20.9. The Morgan fingerprint density at radius 1 is 1.00 bits per heavy atom. The zero-order chi connectivity index (χ0) is 23.6. The first-order valence-electron chi connectivity index (χ1n) is 10.8. The molecular formula is C28H30N2O3. The topological polar surface area (TPSA) is 73.6 Å². The summed E-state index contributed by atoms with van der Waals surface area (Å²) in [5.41, 5.74) is 11.0. The highest BCUT2D eigenvalue weighted by Crippen LogP contribution is 2.35. The Labute approximate surface area is 195 Å². The third-order valence-corrected chi connectivity index (χ3v) is 5.04. The molecule has 170 valence electrons. The molecule has 0 unspecified atom stereocenters. The number of carbonyl (C=O) groups excluding carboxylic acids is 1. The van der Waals surface area contributed by atoms with Crippen LogP contribution in [0.4, 0.5) is 11.4 Å². The van der Waals surface area contributed by atoms with Crippen molar-refractivity contribution < 1.29 is 14.3 Å². The largest absolute Gasteiger partial charge is 0.496 e. The highest BCUT2D eigenvalue weighted by Gasteiger charge is 2.14. The number of anilines is 2. The molecule has 0 aliphatic heterocycles. The Hall–Kier alpha value is -3.99. The Morgan fingerprint density at radius 2 is 1.73 bits per heavy atom. The lowest BCUT2D eigenvalue weighted by molar-refractivity contribution is -0.111. The molecule has 0 heterocycles. The van der Waals surface area contributed by atoms with Crippen LogP contribution in [0.3, 0.4) is 0 Å². The fourth-order valence-electron chi connectivity index (χ4n) is 3.30. The number of methoxy groups -OCH3 is 1. The van der Waals surface area contributed by atoms with E-state index < -0.39 is 0 Å². The van der Waals surface area contributed by atoms with Gasteiger partial charge in [-0.05, 0) is 56.2 Å². The summed E-state index contributed by atoms with van der Waals surface area (Å²) in [6.45, 7) is 4.52. The van der Waals surface area contributed by atoms with Gasteiger partial charge in [0, 0.05) is 17.2 Å². The fraction of sp³-hybridized carbons (Fsp3) is 0.179. The highest BCUT2D eigenvalue weighted by atomic mass is 16.5. The molecule has 0 fully saturated rings. The highest BCUT2D eigenvalue weighted by molar-refractivity contribution is 6.03. The average molecular weight is 443 g/mol. The smallest absolute Gasteiger partial charge is 0.248 e. The van der Waals surface area contributed by atoms with Gasteiger partial charge in [0.2, 0.25) is 5.91 Å². The second-order valence-corrected chi connectivity index (χ2v) is 7.83. The first kappa shape index (κ1) is 23.7. The Kier molecular flexibility index (Phi) is 8.30. The number of para-hydroxylation sites is 2. The summed E-state index contributed by atoms with van der Waals surface area (Å²) in [5.74, 6) is 1.16.